The van der Waals surface area contributed by atoms with Crippen LogP contribution in [0.2, 0.25) is 0 Å². The summed E-state index contributed by atoms with van der Waals surface area (Å²) in [5.41, 5.74) is 2.25. The predicted molar refractivity (Wildman–Crippen MR) is 67.6 cm³/mol. The summed E-state index contributed by atoms with van der Waals surface area (Å²) in [4.78, 5) is 0. The molecule has 1 nitrogen and oxygen atoms in total. The Morgan fingerprint density at radius 1 is 1.00 bits per heavy atom. The quantitative estimate of drug-likeness (QED) is 0.825. The number of hydrogen-bond acceptors (Lipinski definition) is 1. The van der Waals surface area contributed by atoms with E-state index in [0.29, 0.717) is 5.92 Å². The predicted octanol–water partition coefficient (Wildman–Crippen LogP) is 4.41. The van der Waals surface area contributed by atoms with Gasteiger partial charge in [0.15, 0.2) is 0 Å². The van der Waals surface area contributed by atoms with Crippen molar-refractivity contribution in [3.63, 3.8) is 0 Å². The molecule has 0 aliphatic carbocycles. The molecule has 4 heteroatoms. The maximum Gasteiger partial charge on any atom is 0.390 e. The van der Waals surface area contributed by atoms with Crippen molar-refractivity contribution in [2.45, 2.75) is 45.3 Å². The third kappa shape index (κ3) is 5.08. The lowest BCUT2D eigenvalue weighted by Gasteiger charge is -2.16. The lowest BCUT2D eigenvalue weighted by atomic mass is 9.99. The summed E-state index contributed by atoms with van der Waals surface area (Å²) in [6, 6.07) is 7.94. The number of benzene rings is 1. The van der Waals surface area contributed by atoms with Crippen LogP contribution in [0.5, 0.6) is 0 Å². The molecule has 0 aliphatic rings. The first-order valence-corrected chi connectivity index (χ1v) is 6.19. The monoisotopic (exact) mass is 259 g/mol. The molecule has 102 valence electrons. The van der Waals surface area contributed by atoms with Crippen molar-refractivity contribution in [3.05, 3.63) is 35.4 Å². The van der Waals surface area contributed by atoms with Crippen molar-refractivity contribution in [1.29, 1.82) is 0 Å². The van der Waals surface area contributed by atoms with Crippen molar-refractivity contribution in [3.8, 4) is 0 Å². The van der Waals surface area contributed by atoms with Crippen LogP contribution < -0.4 is 5.32 Å². The molecule has 1 unspecified atom stereocenters. The highest BCUT2D eigenvalue weighted by Crippen LogP contribution is 2.21. The van der Waals surface area contributed by atoms with E-state index >= 15 is 0 Å². The van der Waals surface area contributed by atoms with Gasteiger partial charge in [-0.3, -0.25) is 0 Å². The number of alkyl halides is 3. The number of halogens is 3. The smallest absolute Gasteiger partial charge is 0.310 e. The van der Waals surface area contributed by atoms with E-state index < -0.39 is 12.6 Å². The van der Waals surface area contributed by atoms with E-state index in [0.717, 1.165) is 5.56 Å². The Kier molecular flexibility index (Phi) is 5.20. The molecule has 0 radical (unpaired) electrons. The first kappa shape index (κ1) is 15.0. The topological polar surface area (TPSA) is 12.0 Å². The summed E-state index contributed by atoms with van der Waals surface area (Å²) in [7, 11) is 0. The standard InChI is InChI=1S/C14H20F3N/c1-10(2)12-4-6-13(7-5-12)11(3)18-9-8-14(15,16)17/h4-7,10-11,18H,8-9H2,1-3H3. The fraction of sp³-hybridized carbons (Fsp3) is 0.571. The molecule has 0 fully saturated rings. The van der Waals surface area contributed by atoms with Crippen LogP contribution in [0.1, 0.15) is 50.3 Å². The number of hydrogen-bond donors (Lipinski definition) is 1. The Balaban J connectivity index is 2.49. The van der Waals surface area contributed by atoms with Crippen LogP contribution in [0.25, 0.3) is 0 Å². The summed E-state index contributed by atoms with van der Waals surface area (Å²) >= 11 is 0. The highest BCUT2D eigenvalue weighted by atomic mass is 19.4. The molecule has 0 aliphatic heterocycles. The van der Waals surface area contributed by atoms with Gasteiger partial charge in [0, 0.05) is 12.6 Å². The van der Waals surface area contributed by atoms with Gasteiger partial charge in [0.25, 0.3) is 0 Å². The van der Waals surface area contributed by atoms with Crippen LogP contribution >= 0.6 is 0 Å². The number of nitrogens with one attached hydrogen (secondary N) is 1. The van der Waals surface area contributed by atoms with Gasteiger partial charge in [-0.1, -0.05) is 38.1 Å². The molecule has 1 aromatic rings. The van der Waals surface area contributed by atoms with Gasteiger partial charge in [-0.25, -0.2) is 0 Å². The zero-order valence-electron chi connectivity index (χ0n) is 11.0. The minimum Gasteiger partial charge on any atom is -0.310 e. The van der Waals surface area contributed by atoms with E-state index in [9.17, 15) is 13.2 Å². The molecule has 1 atom stereocenters. The first-order chi connectivity index (χ1) is 8.29. The van der Waals surface area contributed by atoms with Crippen LogP contribution in [-0.4, -0.2) is 12.7 Å². The second-order valence-electron chi connectivity index (χ2n) is 4.86. The molecule has 0 bridgehead atoms. The average molecular weight is 259 g/mol. The van der Waals surface area contributed by atoms with Gasteiger partial charge in [0.2, 0.25) is 0 Å². The first-order valence-electron chi connectivity index (χ1n) is 6.19. The Bertz CT molecular complexity index is 354. The van der Waals surface area contributed by atoms with Gasteiger partial charge in [-0.15, -0.1) is 0 Å². The van der Waals surface area contributed by atoms with Crippen molar-refractivity contribution in [2.75, 3.05) is 6.54 Å². The van der Waals surface area contributed by atoms with Crippen LogP contribution in [0.4, 0.5) is 13.2 Å². The van der Waals surface area contributed by atoms with Gasteiger partial charge in [-0.05, 0) is 24.0 Å². The van der Waals surface area contributed by atoms with Crippen molar-refractivity contribution >= 4 is 0 Å². The Morgan fingerprint density at radius 3 is 1.94 bits per heavy atom. The normalized spacial score (nSPS) is 13.9. The maximum absolute atomic E-state index is 12.0. The van der Waals surface area contributed by atoms with E-state index in [4.69, 9.17) is 0 Å². The minimum absolute atomic E-state index is 0.0450. The molecule has 0 heterocycles. The molecule has 0 amide bonds. The van der Waals surface area contributed by atoms with Crippen molar-refractivity contribution < 1.29 is 13.2 Å². The molecular weight excluding hydrogens is 239 g/mol. The van der Waals surface area contributed by atoms with Crippen LogP contribution in [0.15, 0.2) is 24.3 Å². The summed E-state index contributed by atoms with van der Waals surface area (Å²) in [5.74, 6) is 0.465. The molecule has 1 rings (SSSR count). The van der Waals surface area contributed by atoms with Crippen LogP contribution in [0.3, 0.4) is 0 Å². The number of rotatable bonds is 5. The SMILES string of the molecule is CC(C)c1ccc(C(C)NCCC(F)(F)F)cc1. The van der Waals surface area contributed by atoms with E-state index in [1.165, 1.54) is 5.56 Å². The van der Waals surface area contributed by atoms with Gasteiger partial charge < -0.3 is 5.32 Å². The summed E-state index contributed by atoms with van der Waals surface area (Å²) < 4.78 is 36.0. The molecule has 1 N–H and O–H groups in total. The second-order valence-corrected chi connectivity index (χ2v) is 4.86. The summed E-state index contributed by atoms with van der Waals surface area (Å²) in [5, 5.41) is 2.88. The van der Waals surface area contributed by atoms with Crippen molar-refractivity contribution in [1.82, 2.24) is 5.32 Å². The second kappa shape index (κ2) is 6.23. The maximum atomic E-state index is 12.0. The molecule has 18 heavy (non-hydrogen) atoms. The van der Waals surface area contributed by atoms with E-state index in [1.54, 1.807) is 0 Å². The van der Waals surface area contributed by atoms with E-state index in [-0.39, 0.29) is 12.6 Å². The average Bonchev–Trinajstić information content (AvgIpc) is 2.27. The molecule has 0 saturated heterocycles. The molecule has 1 aromatic carbocycles. The summed E-state index contributed by atoms with van der Waals surface area (Å²) in [6.07, 6.45) is -4.88. The Labute approximate surface area is 106 Å². The third-order valence-electron chi connectivity index (χ3n) is 2.96. The zero-order valence-corrected chi connectivity index (χ0v) is 11.0. The van der Waals surface area contributed by atoms with Crippen LogP contribution in [0, 0.1) is 0 Å². The fourth-order valence-corrected chi connectivity index (χ4v) is 1.72. The molecular formula is C14H20F3N. The van der Waals surface area contributed by atoms with Gasteiger partial charge in [0.1, 0.15) is 0 Å². The van der Waals surface area contributed by atoms with Gasteiger partial charge in [-0.2, -0.15) is 13.2 Å². The fourth-order valence-electron chi connectivity index (χ4n) is 1.72. The lowest BCUT2D eigenvalue weighted by molar-refractivity contribution is -0.133. The largest absolute Gasteiger partial charge is 0.390 e. The summed E-state index contributed by atoms with van der Waals surface area (Å²) in [6.45, 7) is 6.05. The van der Waals surface area contributed by atoms with E-state index in [1.807, 2.05) is 31.2 Å². The lowest BCUT2D eigenvalue weighted by Crippen LogP contribution is -2.24. The highest BCUT2D eigenvalue weighted by molar-refractivity contribution is 5.26. The minimum atomic E-state index is -4.09. The molecule has 0 spiro atoms. The Hall–Kier alpha value is -1.03. The highest BCUT2D eigenvalue weighted by Gasteiger charge is 2.26. The molecule has 0 aromatic heterocycles. The third-order valence-corrected chi connectivity index (χ3v) is 2.96. The molecule has 0 saturated carbocycles. The van der Waals surface area contributed by atoms with Crippen LogP contribution in [-0.2, 0) is 0 Å². The van der Waals surface area contributed by atoms with Gasteiger partial charge in [0.05, 0.1) is 6.42 Å². The van der Waals surface area contributed by atoms with Gasteiger partial charge >= 0.3 is 6.18 Å². The Morgan fingerprint density at radius 2 is 1.50 bits per heavy atom. The zero-order chi connectivity index (χ0) is 13.8. The van der Waals surface area contributed by atoms with Crippen molar-refractivity contribution in [2.24, 2.45) is 0 Å². The van der Waals surface area contributed by atoms with E-state index in [2.05, 4.69) is 19.2 Å².